The standard InChI is InChI=1S/C15H20N2O4/c1-21-12-10-16-9-6-11(12)13(18)17-15(14(19)20)7-4-2-3-5-8-15/h6,9-10H,2-5,7-8H2,1H3,(H,17,18)(H,19,20). The van der Waals surface area contributed by atoms with Crippen LogP contribution in [0.2, 0.25) is 0 Å². The first-order valence-corrected chi connectivity index (χ1v) is 7.13. The van der Waals surface area contributed by atoms with Gasteiger partial charge in [-0.25, -0.2) is 4.79 Å². The van der Waals surface area contributed by atoms with E-state index in [9.17, 15) is 14.7 Å². The Hall–Kier alpha value is -2.11. The van der Waals surface area contributed by atoms with Crippen LogP contribution in [0.1, 0.15) is 48.9 Å². The number of nitrogens with one attached hydrogen (secondary N) is 1. The molecular weight excluding hydrogens is 272 g/mol. The summed E-state index contributed by atoms with van der Waals surface area (Å²) in [5, 5.41) is 12.3. The quantitative estimate of drug-likeness (QED) is 0.829. The average molecular weight is 292 g/mol. The Labute approximate surface area is 123 Å². The van der Waals surface area contributed by atoms with Gasteiger partial charge in [-0.15, -0.1) is 0 Å². The van der Waals surface area contributed by atoms with Crippen LogP contribution in [-0.4, -0.2) is 34.6 Å². The van der Waals surface area contributed by atoms with Crippen molar-refractivity contribution >= 4 is 11.9 Å². The van der Waals surface area contributed by atoms with Gasteiger partial charge in [0, 0.05) is 6.20 Å². The Bertz CT molecular complexity index is 522. The highest BCUT2D eigenvalue weighted by Gasteiger charge is 2.40. The number of carboxylic acids is 1. The summed E-state index contributed by atoms with van der Waals surface area (Å²) in [6.45, 7) is 0. The molecule has 0 bridgehead atoms. The van der Waals surface area contributed by atoms with Crippen LogP contribution in [0.4, 0.5) is 0 Å². The third kappa shape index (κ3) is 3.32. The first-order chi connectivity index (χ1) is 10.1. The van der Waals surface area contributed by atoms with Gasteiger partial charge in [0.1, 0.15) is 11.3 Å². The first kappa shape index (κ1) is 15.3. The van der Waals surface area contributed by atoms with Crippen LogP contribution >= 0.6 is 0 Å². The third-order valence-corrected chi connectivity index (χ3v) is 3.97. The number of ether oxygens (including phenoxy) is 1. The molecule has 2 N–H and O–H groups in total. The molecule has 1 saturated carbocycles. The summed E-state index contributed by atoms with van der Waals surface area (Å²) in [4.78, 5) is 28.0. The Morgan fingerprint density at radius 1 is 1.29 bits per heavy atom. The Kier molecular flexibility index (Phi) is 4.77. The molecule has 6 heteroatoms. The zero-order valence-corrected chi connectivity index (χ0v) is 12.1. The lowest BCUT2D eigenvalue weighted by Crippen LogP contribution is -2.54. The summed E-state index contributed by atoms with van der Waals surface area (Å²) in [7, 11) is 1.45. The van der Waals surface area contributed by atoms with Crippen LogP contribution in [0.25, 0.3) is 0 Å². The summed E-state index contributed by atoms with van der Waals surface area (Å²) >= 11 is 0. The molecule has 21 heavy (non-hydrogen) atoms. The van der Waals surface area contributed by atoms with Crippen LogP contribution in [0.3, 0.4) is 0 Å². The van der Waals surface area contributed by atoms with Crippen LogP contribution in [-0.2, 0) is 4.79 Å². The van der Waals surface area contributed by atoms with E-state index in [1.807, 2.05) is 0 Å². The van der Waals surface area contributed by atoms with E-state index in [-0.39, 0.29) is 0 Å². The van der Waals surface area contributed by atoms with Gasteiger partial charge in [0.15, 0.2) is 0 Å². The predicted molar refractivity (Wildman–Crippen MR) is 76.3 cm³/mol. The predicted octanol–water partition coefficient (Wildman–Crippen LogP) is 2.00. The van der Waals surface area contributed by atoms with Crippen molar-refractivity contribution in [2.75, 3.05) is 7.11 Å². The fraction of sp³-hybridized carbons (Fsp3) is 0.533. The average Bonchev–Trinajstić information content (AvgIpc) is 2.73. The number of aliphatic carboxylic acids is 1. The molecule has 1 aromatic rings. The lowest BCUT2D eigenvalue weighted by Gasteiger charge is -2.29. The van der Waals surface area contributed by atoms with Crippen molar-refractivity contribution in [3.05, 3.63) is 24.0 Å². The van der Waals surface area contributed by atoms with Gasteiger partial charge in [0.25, 0.3) is 5.91 Å². The summed E-state index contributed by atoms with van der Waals surface area (Å²) in [5.74, 6) is -1.06. The molecule has 0 unspecified atom stereocenters. The van der Waals surface area contributed by atoms with Crippen LogP contribution in [0, 0.1) is 0 Å². The molecule has 1 aliphatic carbocycles. The SMILES string of the molecule is COc1cnccc1C(=O)NC1(C(=O)O)CCCCCC1. The van der Waals surface area contributed by atoms with Crippen LogP contribution in [0.5, 0.6) is 5.75 Å². The maximum atomic E-state index is 12.4. The number of carboxylic acid groups (broad SMARTS) is 1. The topological polar surface area (TPSA) is 88.5 Å². The maximum Gasteiger partial charge on any atom is 0.329 e. The molecule has 0 radical (unpaired) electrons. The summed E-state index contributed by atoms with van der Waals surface area (Å²) < 4.78 is 5.10. The second-order valence-corrected chi connectivity index (χ2v) is 5.33. The van der Waals surface area contributed by atoms with Gasteiger partial charge >= 0.3 is 5.97 Å². The first-order valence-electron chi connectivity index (χ1n) is 7.13. The molecule has 0 aromatic carbocycles. The molecule has 0 atom stereocenters. The van der Waals surface area contributed by atoms with E-state index in [0.717, 1.165) is 25.7 Å². The van der Waals surface area contributed by atoms with E-state index in [1.54, 1.807) is 0 Å². The molecule has 1 aromatic heterocycles. The van der Waals surface area contributed by atoms with Crippen molar-refractivity contribution in [2.24, 2.45) is 0 Å². The Morgan fingerprint density at radius 3 is 2.52 bits per heavy atom. The number of hydrogen-bond donors (Lipinski definition) is 2. The highest BCUT2D eigenvalue weighted by molar-refractivity contribution is 5.99. The lowest BCUT2D eigenvalue weighted by atomic mass is 9.90. The van der Waals surface area contributed by atoms with Crippen molar-refractivity contribution in [1.82, 2.24) is 10.3 Å². The van der Waals surface area contributed by atoms with E-state index < -0.39 is 17.4 Å². The molecule has 1 fully saturated rings. The lowest BCUT2D eigenvalue weighted by molar-refractivity contribution is -0.145. The minimum absolute atomic E-state index is 0.303. The van der Waals surface area contributed by atoms with Crippen LogP contribution in [0.15, 0.2) is 18.5 Å². The second-order valence-electron chi connectivity index (χ2n) is 5.33. The molecule has 114 valence electrons. The van der Waals surface area contributed by atoms with E-state index in [1.165, 1.54) is 25.6 Å². The fourth-order valence-corrected chi connectivity index (χ4v) is 2.74. The zero-order valence-electron chi connectivity index (χ0n) is 12.1. The number of aromatic nitrogens is 1. The Morgan fingerprint density at radius 2 is 1.95 bits per heavy atom. The van der Waals surface area contributed by atoms with Gasteiger partial charge in [-0.2, -0.15) is 0 Å². The highest BCUT2D eigenvalue weighted by Crippen LogP contribution is 2.28. The number of carbonyl (C=O) groups is 2. The van der Waals surface area contributed by atoms with E-state index in [2.05, 4.69) is 10.3 Å². The highest BCUT2D eigenvalue weighted by atomic mass is 16.5. The number of pyridine rings is 1. The van der Waals surface area contributed by atoms with Gasteiger partial charge in [-0.05, 0) is 18.9 Å². The number of rotatable bonds is 4. The number of carbonyl (C=O) groups excluding carboxylic acids is 1. The van der Waals surface area contributed by atoms with Crippen molar-refractivity contribution < 1.29 is 19.4 Å². The number of amides is 1. The molecule has 0 saturated heterocycles. The Balaban J connectivity index is 2.24. The summed E-state index contributed by atoms with van der Waals surface area (Å²) in [6, 6.07) is 1.53. The normalized spacial score (nSPS) is 17.6. The van der Waals surface area contributed by atoms with E-state index in [0.29, 0.717) is 24.2 Å². The van der Waals surface area contributed by atoms with Gasteiger partial charge in [-0.1, -0.05) is 25.7 Å². The minimum atomic E-state index is -1.18. The fourth-order valence-electron chi connectivity index (χ4n) is 2.74. The van der Waals surface area contributed by atoms with Crippen molar-refractivity contribution in [1.29, 1.82) is 0 Å². The number of hydrogen-bond acceptors (Lipinski definition) is 4. The smallest absolute Gasteiger partial charge is 0.329 e. The molecule has 6 nitrogen and oxygen atoms in total. The molecule has 1 amide bonds. The molecule has 0 aliphatic heterocycles. The van der Waals surface area contributed by atoms with Gasteiger partial charge in [0.2, 0.25) is 0 Å². The number of methoxy groups -OCH3 is 1. The van der Waals surface area contributed by atoms with E-state index >= 15 is 0 Å². The molecule has 1 aliphatic rings. The molecule has 0 spiro atoms. The third-order valence-electron chi connectivity index (χ3n) is 3.97. The largest absolute Gasteiger partial charge is 0.494 e. The molecule has 2 rings (SSSR count). The summed E-state index contributed by atoms with van der Waals surface area (Å²) in [5.41, 5.74) is -0.876. The maximum absolute atomic E-state index is 12.4. The van der Waals surface area contributed by atoms with Crippen molar-refractivity contribution in [3.63, 3.8) is 0 Å². The molecular formula is C15H20N2O4. The van der Waals surface area contributed by atoms with Crippen molar-refractivity contribution in [2.45, 2.75) is 44.1 Å². The molecule has 1 heterocycles. The van der Waals surface area contributed by atoms with Gasteiger partial charge in [0.05, 0.1) is 18.9 Å². The van der Waals surface area contributed by atoms with Gasteiger partial charge < -0.3 is 15.2 Å². The van der Waals surface area contributed by atoms with E-state index in [4.69, 9.17) is 4.74 Å². The number of nitrogens with zero attached hydrogens (tertiary/aromatic N) is 1. The monoisotopic (exact) mass is 292 g/mol. The minimum Gasteiger partial charge on any atom is -0.494 e. The second kappa shape index (κ2) is 6.56. The van der Waals surface area contributed by atoms with Gasteiger partial charge in [-0.3, -0.25) is 9.78 Å². The summed E-state index contributed by atoms with van der Waals surface area (Å²) in [6.07, 6.45) is 7.46. The van der Waals surface area contributed by atoms with Crippen molar-refractivity contribution in [3.8, 4) is 5.75 Å². The zero-order chi connectivity index (χ0) is 15.3. The van der Waals surface area contributed by atoms with Crippen LogP contribution < -0.4 is 10.1 Å².